The van der Waals surface area contributed by atoms with E-state index in [4.69, 9.17) is 14.9 Å². The lowest BCUT2D eigenvalue weighted by Gasteiger charge is -2.07. The lowest BCUT2D eigenvalue weighted by molar-refractivity contribution is -0.144. The zero-order valence-electron chi connectivity index (χ0n) is 13.7. The van der Waals surface area contributed by atoms with E-state index in [0.717, 1.165) is 12.8 Å². The highest BCUT2D eigenvalue weighted by molar-refractivity contribution is 5.69. The van der Waals surface area contributed by atoms with Crippen LogP contribution >= 0.6 is 0 Å². The number of esters is 1. The van der Waals surface area contributed by atoms with Crippen molar-refractivity contribution >= 4 is 5.97 Å². The molecule has 0 heterocycles. The van der Waals surface area contributed by atoms with Gasteiger partial charge in [0.1, 0.15) is 0 Å². The van der Waals surface area contributed by atoms with Crippen molar-refractivity contribution in [3.8, 4) is 0 Å². The van der Waals surface area contributed by atoms with Crippen LogP contribution in [0.2, 0.25) is 0 Å². The molecule has 2 N–H and O–H groups in total. The summed E-state index contributed by atoms with van der Waals surface area (Å²) in [7, 11) is 0. The summed E-state index contributed by atoms with van der Waals surface area (Å²) in [5, 5.41) is 17.7. The molecule has 0 aromatic rings. The quantitative estimate of drug-likeness (QED) is 0.358. The second-order valence-corrected chi connectivity index (χ2v) is 5.78. The molecule has 0 bridgehead atoms. The van der Waals surface area contributed by atoms with E-state index in [2.05, 4.69) is 6.92 Å². The number of ether oxygens (including phenoxy) is 1. The summed E-state index contributed by atoms with van der Waals surface area (Å²) >= 11 is 0. The topological polar surface area (TPSA) is 66.8 Å². The van der Waals surface area contributed by atoms with Crippen LogP contribution in [0.3, 0.4) is 0 Å². The van der Waals surface area contributed by atoms with Gasteiger partial charge in [0.25, 0.3) is 0 Å². The number of unbranched alkanes of at least 4 members (excludes halogenated alkanes) is 9. The van der Waals surface area contributed by atoms with Crippen molar-refractivity contribution in [3.63, 3.8) is 0 Å². The van der Waals surface area contributed by atoms with E-state index in [1.807, 2.05) is 0 Å². The molecule has 21 heavy (non-hydrogen) atoms. The van der Waals surface area contributed by atoms with Gasteiger partial charge in [-0.1, -0.05) is 64.7 Å². The van der Waals surface area contributed by atoms with Gasteiger partial charge in [-0.15, -0.1) is 0 Å². The van der Waals surface area contributed by atoms with E-state index in [9.17, 15) is 4.79 Å². The lowest BCUT2D eigenvalue weighted by atomic mass is 10.1. The predicted molar refractivity (Wildman–Crippen MR) is 85.1 cm³/mol. The molecule has 4 heteroatoms. The summed E-state index contributed by atoms with van der Waals surface area (Å²) in [6.45, 7) is 2.41. The maximum absolute atomic E-state index is 11.3. The molecule has 1 atom stereocenters. The maximum atomic E-state index is 11.3. The van der Waals surface area contributed by atoms with Crippen LogP contribution < -0.4 is 0 Å². The predicted octanol–water partition coefficient (Wildman–Crippen LogP) is 3.58. The van der Waals surface area contributed by atoms with Gasteiger partial charge >= 0.3 is 5.97 Å². The summed E-state index contributed by atoms with van der Waals surface area (Å²) in [5.41, 5.74) is 0. The molecule has 4 nitrogen and oxygen atoms in total. The van der Waals surface area contributed by atoms with E-state index in [-0.39, 0.29) is 25.4 Å². The third kappa shape index (κ3) is 15.6. The van der Waals surface area contributed by atoms with Crippen molar-refractivity contribution < 1.29 is 19.7 Å². The van der Waals surface area contributed by atoms with Gasteiger partial charge in [0, 0.05) is 6.42 Å². The van der Waals surface area contributed by atoms with E-state index in [1.54, 1.807) is 0 Å². The van der Waals surface area contributed by atoms with Crippen molar-refractivity contribution in [2.45, 2.75) is 90.1 Å². The van der Waals surface area contributed by atoms with Crippen molar-refractivity contribution in [1.29, 1.82) is 0 Å². The summed E-state index contributed by atoms with van der Waals surface area (Å²) in [6, 6.07) is 0. The SMILES string of the molecule is CCCCCCCCCCCCOC(=O)CCC(O)CO. The maximum Gasteiger partial charge on any atom is 0.305 e. The molecule has 126 valence electrons. The Kier molecular flexibility index (Phi) is 15.3. The second kappa shape index (κ2) is 15.8. The third-order valence-electron chi connectivity index (χ3n) is 3.65. The van der Waals surface area contributed by atoms with Gasteiger partial charge in [-0.2, -0.15) is 0 Å². The largest absolute Gasteiger partial charge is 0.466 e. The number of rotatable bonds is 15. The van der Waals surface area contributed by atoms with Gasteiger partial charge in [-0.3, -0.25) is 4.79 Å². The van der Waals surface area contributed by atoms with Gasteiger partial charge in [0.05, 0.1) is 19.3 Å². The van der Waals surface area contributed by atoms with E-state index in [1.165, 1.54) is 51.4 Å². The van der Waals surface area contributed by atoms with Crippen molar-refractivity contribution in [3.05, 3.63) is 0 Å². The minimum atomic E-state index is -0.810. The number of aliphatic hydroxyl groups is 2. The van der Waals surface area contributed by atoms with Crippen LogP contribution in [0.4, 0.5) is 0 Å². The second-order valence-electron chi connectivity index (χ2n) is 5.78. The van der Waals surface area contributed by atoms with Crippen molar-refractivity contribution in [2.75, 3.05) is 13.2 Å². The van der Waals surface area contributed by atoms with Crippen LogP contribution in [-0.2, 0) is 9.53 Å². The Balaban J connectivity index is 3.16. The fraction of sp³-hybridized carbons (Fsp3) is 0.941. The molecule has 0 radical (unpaired) electrons. The van der Waals surface area contributed by atoms with E-state index >= 15 is 0 Å². The molecular weight excluding hydrogens is 268 g/mol. The standard InChI is InChI=1S/C17H34O4/c1-2-3-4-5-6-7-8-9-10-11-14-21-17(20)13-12-16(19)15-18/h16,18-19H,2-15H2,1H3. The third-order valence-corrected chi connectivity index (χ3v) is 3.65. The van der Waals surface area contributed by atoms with Crippen LogP contribution in [0.15, 0.2) is 0 Å². The number of hydrogen-bond donors (Lipinski definition) is 2. The van der Waals surface area contributed by atoms with Gasteiger partial charge in [-0.25, -0.2) is 0 Å². The Labute approximate surface area is 129 Å². The van der Waals surface area contributed by atoms with Crippen LogP contribution in [-0.4, -0.2) is 35.5 Å². The highest BCUT2D eigenvalue weighted by Gasteiger charge is 2.07. The highest BCUT2D eigenvalue weighted by Crippen LogP contribution is 2.10. The Bertz CT molecular complexity index is 231. The van der Waals surface area contributed by atoms with Gasteiger partial charge in [0.2, 0.25) is 0 Å². The Morgan fingerprint density at radius 3 is 2.00 bits per heavy atom. The van der Waals surface area contributed by atoms with Crippen LogP contribution in [0.5, 0.6) is 0 Å². The number of carbonyl (C=O) groups is 1. The molecule has 0 rings (SSSR count). The molecular formula is C17H34O4. The Morgan fingerprint density at radius 2 is 1.48 bits per heavy atom. The number of aliphatic hydroxyl groups excluding tert-OH is 2. The van der Waals surface area contributed by atoms with Crippen LogP contribution in [0, 0.1) is 0 Å². The van der Waals surface area contributed by atoms with Gasteiger partial charge < -0.3 is 14.9 Å². The first-order valence-electron chi connectivity index (χ1n) is 8.65. The molecule has 0 aromatic heterocycles. The van der Waals surface area contributed by atoms with Crippen LogP contribution in [0.1, 0.15) is 84.0 Å². The van der Waals surface area contributed by atoms with Gasteiger partial charge in [-0.05, 0) is 12.8 Å². The molecule has 0 saturated carbocycles. The minimum Gasteiger partial charge on any atom is -0.466 e. The molecule has 0 spiro atoms. The first kappa shape index (κ1) is 20.4. The minimum absolute atomic E-state index is 0.180. The average molecular weight is 302 g/mol. The Hall–Kier alpha value is -0.610. The molecule has 0 aliphatic heterocycles. The summed E-state index contributed by atoms with van der Waals surface area (Å²) in [4.78, 5) is 11.3. The molecule has 0 amide bonds. The molecule has 0 aliphatic rings. The molecule has 0 aliphatic carbocycles. The molecule has 0 fully saturated rings. The fourth-order valence-electron chi connectivity index (χ4n) is 2.22. The zero-order valence-corrected chi connectivity index (χ0v) is 13.7. The fourth-order valence-corrected chi connectivity index (χ4v) is 2.22. The zero-order chi connectivity index (χ0) is 15.8. The normalized spacial score (nSPS) is 12.3. The summed E-state index contributed by atoms with van der Waals surface area (Å²) < 4.78 is 5.08. The molecule has 0 aromatic carbocycles. The van der Waals surface area contributed by atoms with Gasteiger partial charge in [0.15, 0.2) is 0 Å². The summed E-state index contributed by atoms with van der Waals surface area (Å²) in [6.07, 6.45) is 12.2. The first-order chi connectivity index (χ1) is 10.2. The van der Waals surface area contributed by atoms with Crippen LogP contribution in [0.25, 0.3) is 0 Å². The smallest absolute Gasteiger partial charge is 0.305 e. The lowest BCUT2D eigenvalue weighted by Crippen LogP contribution is -2.15. The monoisotopic (exact) mass is 302 g/mol. The van der Waals surface area contributed by atoms with E-state index in [0.29, 0.717) is 6.61 Å². The molecule has 0 saturated heterocycles. The summed E-state index contributed by atoms with van der Waals surface area (Å²) in [5.74, 6) is -0.279. The Morgan fingerprint density at radius 1 is 0.952 bits per heavy atom. The highest BCUT2D eigenvalue weighted by atomic mass is 16.5. The molecule has 1 unspecified atom stereocenters. The average Bonchev–Trinajstić information content (AvgIpc) is 2.50. The number of hydrogen-bond acceptors (Lipinski definition) is 4. The van der Waals surface area contributed by atoms with Crippen molar-refractivity contribution in [2.24, 2.45) is 0 Å². The van der Waals surface area contributed by atoms with E-state index < -0.39 is 6.10 Å². The number of carbonyl (C=O) groups excluding carboxylic acids is 1. The van der Waals surface area contributed by atoms with Crippen molar-refractivity contribution in [1.82, 2.24) is 0 Å². The first-order valence-corrected chi connectivity index (χ1v) is 8.65.